The van der Waals surface area contributed by atoms with Crippen LogP contribution >= 0.6 is 0 Å². The van der Waals surface area contributed by atoms with Gasteiger partial charge in [0.1, 0.15) is 6.04 Å². The first-order valence-corrected chi connectivity index (χ1v) is 13.4. The molecule has 2 fully saturated rings. The maximum atomic E-state index is 13.4. The van der Waals surface area contributed by atoms with E-state index >= 15 is 0 Å². The first-order valence-electron chi connectivity index (χ1n) is 13.4. The molecule has 0 spiro atoms. The fourth-order valence-corrected chi connectivity index (χ4v) is 5.68. The summed E-state index contributed by atoms with van der Waals surface area (Å²) in [6.07, 6.45) is 9.73. The van der Waals surface area contributed by atoms with Gasteiger partial charge in [-0.25, -0.2) is 4.79 Å². The molecule has 7 nitrogen and oxygen atoms in total. The van der Waals surface area contributed by atoms with Crippen molar-refractivity contribution in [3.8, 4) is 0 Å². The molecule has 2 saturated carbocycles. The Labute approximate surface area is 219 Å². The molecule has 2 aliphatic rings. The van der Waals surface area contributed by atoms with Crippen molar-refractivity contribution < 1.29 is 28.8 Å². The number of hydrogen-bond acceptors (Lipinski definition) is 6. The summed E-state index contributed by atoms with van der Waals surface area (Å²) >= 11 is 0. The van der Waals surface area contributed by atoms with Crippen LogP contribution in [0, 0.1) is 0 Å². The Morgan fingerprint density at radius 1 is 0.811 bits per heavy atom. The van der Waals surface area contributed by atoms with Crippen LogP contribution in [0.5, 0.6) is 0 Å². The highest BCUT2D eigenvalue weighted by atomic mass is 17.2. The van der Waals surface area contributed by atoms with Gasteiger partial charge in [-0.05, 0) is 48.9 Å². The third kappa shape index (κ3) is 6.58. The molecule has 2 aliphatic carbocycles. The number of rotatable bonds is 10. The molecule has 0 radical (unpaired) electrons. The Bertz CT molecular complexity index is 1030. The smallest absolute Gasteiger partial charge is 0.364 e. The van der Waals surface area contributed by atoms with Crippen LogP contribution in [0.15, 0.2) is 54.6 Å². The molecule has 37 heavy (non-hydrogen) atoms. The summed E-state index contributed by atoms with van der Waals surface area (Å²) in [4.78, 5) is 37.5. The predicted octanol–water partition coefficient (Wildman–Crippen LogP) is 5.62. The highest BCUT2D eigenvalue weighted by Crippen LogP contribution is 2.41. The number of benzene rings is 2. The van der Waals surface area contributed by atoms with Crippen LogP contribution in [-0.4, -0.2) is 37.9 Å². The van der Waals surface area contributed by atoms with E-state index in [9.17, 15) is 9.59 Å². The van der Waals surface area contributed by atoms with Gasteiger partial charge in [0.2, 0.25) is 5.79 Å². The average Bonchev–Trinajstić information content (AvgIpc) is 2.97. The predicted molar refractivity (Wildman–Crippen MR) is 140 cm³/mol. The fraction of sp³-hybridized carbons (Fsp3) is 0.533. The summed E-state index contributed by atoms with van der Waals surface area (Å²) in [7, 11) is 3.33. The van der Waals surface area contributed by atoms with Crippen molar-refractivity contribution in [3.63, 3.8) is 0 Å². The van der Waals surface area contributed by atoms with Gasteiger partial charge in [-0.2, -0.15) is 0 Å². The summed E-state index contributed by atoms with van der Waals surface area (Å²) in [6.45, 7) is 0. The molecule has 200 valence electrons. The summed E-state index contributed by atoms with van der Waals surface area (Å²) in [6, 6.07) is 15.9. The van der Waals surface area contributed by atoms with Gasteiger partial charge < -0.3 is 14.8 Å². The number of carbonyl (C=O) groups is 2. The van der Waals surface area contributed by atoms with Crippen LogP contribution in [0.1, 0.15) is 85.7 Å². The topological polar surface area (TPSA) is 83.1 Å². The number of carbonyl (C=O) groups excluding carboxylic acids is 2. The first-order chi connectivity index (χ1) is 18.0. The van der Waals surface area contributed by atoms with Gasteiger partial charge in [0.05, 0.1) is 5.60 Å². The zero-order valence-corrected chi connectivity index (χ0v) is 22.0. The maximum absolute atomic E-state index is 13.4. The molecule has 2 aromatic rings. The van der Waals surface area contributed by atoms with E-state index in [-0.39, 0.29) is 12.3 Å². The third-order valence-electron chi connectivity index (χ3n) is 7.87. The van der Waals surface area contributed by atoms with Crippen molar-refractivity contribution in [2.75, 3.05) is 14.2 Å². The lowest BCUT2D eigenvalue weighted by Gasteiger charge is -2.38. The van der Waals surface area contributed by atoms with Gasteiger partial charge >= 0.3 is 5.97 Å². The van der Waals surface area contributed by atoms with E-state index in [2.05, 4.69) is 11.4 Å². The van der Waals surface area contributed by atoms with E-state index in [0.717, 1.165) is 56.1 Å². The largest absolute Gasteiger partial charge is 0.374 e. The number of nitrogens with one attached hydrogen (secondary N) is 1. The summed E-state index contributed by atoms with van der Waals surface area (Å²) < 4.78 is 11.7. The zero-order chi connectivity index (χ0) is 26.1. The number of methoxy groups -OCH3 is 2. The van der Waals surface area contributed by atoms with Gasteiger partial charge in [-0.3, -0.25) is 9.68 Å². The second-order valence-electron chi connectivity index (χ2n) is 10.2. The summed E-state index contributed by atoms with van der Waals surface area (Å²) in [5.41, 5.74) is 2.08. The van der Waals surface area contributed by atoms with Crippen molar-refractivity contribution in [2.24, 2.45) is 0 Å². The van der Waals surface area contributed by atoms with Crippen LogP contribution in [-0.2, 0) is 36.1 Å². The Morgan fingerprint density at radius 2 is 1.43 bits per heavy atom. The number of ether oxygens (including phenoxy) is 2. The second kappa shape index (κ2) is 12.7. The van der Waals surface area contributed by atoms with Crippen LogP contribution in [0.25, 0.3) is 0 Å². The molecule has 0 bridgehead atoms. The first kappa shape index (κ1) is 27.3. The third-order valence-corrected chi connectivity index (χ3v) is 7.87. The number of hydrogen-bond donors (Lipinski definition) is 1. The monoisotopic (exact) mass is 509 g/mol. The highest BCUT2D eigenvalue weighted by molar-refractivity contribution is 5.96. The van der Waals surface area contributed by atoms with Crippen molar-refractivity contribution >= 4 is 11.9 Å². The van der Waals surface area contributed by atoms with E-state index in [0.29, 0.717) is 18.4 Å². The minimum absolute atomic E-state index is 0.252. The number of amides is 1. The van der Waals surface area contributed by atoms with E-state index in [1.807, 2.05) is 24.3 Å². The molecule has 1 unspecified atom stereocenters. The van der Waals surface area contributed by atoms with Crippen LogP contribution < -0.4 is 5.32 Å². The molecule has 1 N–H and O–H groups in total. The molecule has 0 aromatic heterocycles. The average molecular weight is 510 g/mol. The Kier molecular flexibility index (Phi) is 9.35. The molecule has 7 heteroatoms. The van der Waals surface area contributed by atoms with Gasteiger partial charge in [-0.1, -0.05) is 68.1 Å². The maximum Gasteiger partial charge on any atom is 0.364 e. The zero-order valence-electron chi connectivity index (χ0n) is 22.0. The van der Waals surface area contributed by atoms with E-state index in [4.69, 9.17) is 19.2 Å². The van der Waals surface area contributed by atoms with Crippen LogP contribution in [0.3, 0.4) is 0 Å². The standard InChI is InChI=1S/C30H39NO6/c1-34-29(18-10-4-11-19-29)25-17-9-8-16-24(25)22-26(31-27(32)23-14-6-3-7-15-23)28(33)36-37-30(35-2)20-12-5-13-21-30/h3,6-9,14-17,26H,4-5,10-13,18-22H2,1-2H3,(H,31,32). The molecular formula is C30H39NO6. The van der Waals surface area contributed by atoms with Crippen LogP contribution in [0.4, 0.5) is 0 Å². The van der Waals surface area contributed by atoms with E-state index in [1.165, 1.54) is 6.42 Å². The van der Waals surface area contributed by atoms with Crippen molar-refractivity contribution in [1.29, 1.82) is 0 Å². The quantitative estimate of drug-likeness (QED) is 0.254. The minimum Gasteiger partial charge on any atom is -0.374 e. The lowest BCUT2D eigenvalue weighted by atomic mass is 9.77. The highest BCUT2D eigenvalue weighted by Gasteiger charge is 2.39. The lowest BCUT2D eigenvalue weighted by molar-refractivity contribution is -0.407. The molecule has 0 saturated heterocycles. The SMILES string of the molecule is COC1(OOC(=O)C(Cc2ccccc2C2(OC)CCCCC2)NC(=O)c2ccccc2)CCCCC1. The summed E-state index contributed by atoms with van der Waals surface area (Å²) in [5, 5.41) is 2.89. The molecule has 0 heterocycles. The fourth-order valence-electron chi connectivity index (χ4n) is 5.68. The Balaban J connectivity index is 1.58. The van der Waals surface area contributed by atoms with Gasteiger partial charge in [0.15, 0.2) is 0 Å². The van der Waals surface area contributed by atoms with Gasteiger partial charge in [0, 0.05) is 39.0 Å². The molecule has 4 rings (SSSR count). The second-order valence-corrected chi connectivity index (χ2v) is 10.2. The molecular weight excluding hydrogens is 470 g/mol. The van der Waals surface area contributed by atoms with Gasteiger partial charge in [-0.15, -0.1) is 4.89 Å². The molecule has 0 aliphatic heterocycles. The van der Waals surface area contributed by atoms with Crippen molar-refractivity contribution in [3.05, 3.63) is 71.3 Å². The van der Waals surface area contributed by atoms with Crippen LogP contribution in [0.2, 0.25) is 0 Å². The molecule has 2 aromatic carbocycles. The molecule has 1 amide bonds. The Morgan fingerprint density at radius 3 is 2.08 bits per heavy atom. The Hall–Kier alpha value is -2.74. The van der Waals surface area contributed by atoms with E-state index < -0.39 is 23.4 Å². The lowest BCUT2D eigenvalue weighted by Crippen LogP contribution is -2.46. The minimum atomic E-state index is -0.955. The van der Waals surface area contributed by atoms with E-state index in [1.54, 1.807) is 38.5 Å². The normalized spacial score (nSPS) is 19.5. The van der Waals surface area contributed by atoms with Crippen molar-refractivity contribution in [2.45, 2.75) is 88.1 Å². The molecule has 1 atom stereocenters. The summed E-state index contributed by atoms with van der Waals surface area (Å²) in [5.74, 6) is -1.95. The van der Waals surface area contributed by atoms with Crippen molar-refractivity contribution in [1.82, 2.24) is 5.32 Å². The van der Waals surface area contributed by atoms with Gasteiger partial charge in [0.25, 0.3) is 5.91 Å².